The standard InChI is InChI=1S/C21H42O5S.Na/c1-20(2)16-13-11-9-7-5-3-4-6-8-10-12-14-17-21(22)26-18-15-19-27(23,24)25;/h20H,3-19H2,1-2H3,(H,23,24,25);/q;+1/p-1. The van der Waals surface area contributed by atoms with E-state index in [0.717, 1.165) is 25.2 Å². The maximum atomic E-state index is 11.5. The van der Waals surface area contributed by atoms with Crippen molar-refractivity contribution in [1.82, 2.24) is 0 Å². The maximum Gasteiger partial charge on any atom is 1.00 e. The summed E-state index contributed by atoms with van der Waals surface area (Å²) < 4.78 is 36.1. The third-order valence-corrected chi connectivity index (χ3v) is 5.50. The molecule has 0 aromatic rings. The average Bonchev–Trinajstić information content (AvgIpc) is 2.58. The molecule has 0 aliphatic rings. The number of hydrogen-bond donors (Lipinski definition) is 0. The van der Waals surface area contributed by atoms with Crippen LogP contribution in [0.25, 0.3) is 0 Å². The van der Waals surface area contributed by atoms with Gasteiger partial charge in [-0.05, 0) is 18.8 Å². The molecule has 0 spiro atoms. The Morgan fingerprint density at radius 1 is 0.786 bits per heavy atom. The number of esters is 1. The molecule has 0 fully saturated rings. The topological polar surface area (TPSA) is 83.5 Å². The van der Waals surface area contributed by atoms with Crippen molar-refractivity contribution in [2.45, 2.75) is 110 Å². The predicted molar refractivity (Wildman–Crippen MR) is 110 cm³/mol. The van der Waals surface area contributed by atoms with Gasteiger partial charge in [-0.1, -0.05) is 90.9 Å². The zero-order valence-electron chi connectivity index (χ0n) is 18.5. The van der Waals surface area contributed by atoms with Crippen LogP contribution in [0.1, 0.15) is 110 Å². The van der Waals surface area contributed by atoms with Crippen LogP contribution in [0.4, 0.5) is 0 Å². The van der Waals surface area contributed by atoms with Crippen LogP contribution in [0.5, 0.6) is 0 Å². The summed E-state index contributed by atoms with van der Waals surface area (Å²) in [4.78, 5) is 11.5. The quantitative estimate of drug-likeness (QED) is 0.137. The van der Waals surface area contributed by atoms with Crippen LogP contribution in [0, 0.1) is 5.92 Å². The van der Waals surface area contributed by atoms with Gasteiger partial charge in [0.1, 0.15) is 0 Å². The summed E-state index contributed by atoms with van der Waals surface area (Å²) in [5, 5.41) is 0. The molecule has 162 valence electrons. The Kier molecular flexibility index (Phi) is 22.5. The molecule has 0 atom stereocenters. The van der Waals surface area contributed by atoms with Gasteiger partial charge in [0, 0.05) is 12.2 Å². The van der Waals surface area contributed by atoms with Gasteiger partial charge in [-0.25, -0.2) is 8.42 Å². The zero-order valence-corrected chi connectivity index (χ0v) is 21.4. The zero-order chi connectivity index (χ0) is 20.4. The molecule has 0 aliphatic heterocycles. The fourth-order valence-corrected chi connectivity index (χ4v) is 3.55. The molecule has 0 rings (SSSR count). The molecule has 0 unspecified atom stereocenters. The second-order valence-corrected chi connectivity index (χ2v) is 9.53. The van der Waals surface area contributed by atoms with Crippen molar-refractivity contribution in [1.29, 1.82) is 0 Å². The molecule has 0 N–H and O–H groups in total. The van der Waals surface area contributed by atoms with Crippen molar-refractivity contribution in [3.05, 3.63) is 0 Å². The van der Waals surface area contributed by atoms with Crippen LogP contribution in [0.15, 0.2) is 0 Å². The number of hydrogen-bond acceptors (Lipinski definition) is 5. The van der Waals surface area contributed by atoms with Crippen LogP contribution >= 0.6 is 0 Å². The average molecular weight is 429 g/mol. The van der Waals surface area contributed by atoms with Gasteiger partial charge < -0.3 is 9.29 Å². The summed E-state index contributed by atoms with van der Waals surface area (Å²) >= 11 is 0. The minimum atomic E-state index is -4.21. The number of ether oxygens (including phenoxy) is 1. The summed E-state index contributed by atoms with van der Waals surface area (Å²) in [5.41, 5.74) is 0. The van der Waals surface area contributed by atoms with Crippen LogP contribution < -0.4 is 29.6 Å². The summed E-state index contributed by atoms with van der Waals surface area (Å²) in [6, 6.07) is 0. The van der Waals surface area contributed by atoms with Crippen LogP contribution in [-0.2, 0) is 19.6 Å². The molecular formula is C21H41NaO5S. The van der Waals surface area contributed by atoms with E-state index in [1.54, 1.807) is 0 Å². The minimum absolute atomic E-state index is 0. The molecule has 0 aromatic heterocycles. The summed E-state index contributed by atoms with van der Waals surface area (Å²) in [6.07, 6.45) is 16.9. The van der Waals surface area contributed by atoms with E-state index in [0.29, 0.717) is 6.42 Å². The van der Waals surface area contributed by atoms with E-state index in [2.05, 4.69) is 13.8 Å². The fraction of sp³-hybridized carbons (Fsp3) is 0.952. The van der Waals surface area contributed by atoms with Crippen molar-refractivity contribution >= 4 is 16.1 Å². The molecule has 0 saturated carbocycles. The number of rotatable bonds is 19. The van der Waals surface area contributed by atoms with Gasteiger partial charge in [-0.15, -0.1) is 0 Å². The minimum Gasteiger partial charge on any atom is -0.748 e. The largest absolute Gasteiger partial charge is 1.00 e. The smallest absolute Gasteiger partial charge is 0.748 e. The van der Waals surface area contributed by atoms with E-state index in [1.165, 1.54) is 64.2 Å². The van der Waals surface area contributed by atoms with E-state index in [1.807, 2.05) is 0 Å². The summed E-state index contributed by atoms with van der Waals surface area (Å²) in [7, 11) is -4.21. The van der Waals surface area contributed by atoms with Gasteiger partial charge >= 0.3 is 35.5 Å². The predicted octanol–water partition coefficient (Wildman–Crippen LogP) is 2.59. The van der Waals surface area contributed by atoms with Gasteiger partial charge in [0.15, 0.2) is 0 Å². The van der Waals surface area contributed by atoms with Gasteiger partial charge in [-0.2, -0.15) is 0 Å². The van der Waals surface area contributed by atoms with Crippen molar-refractivity contribution in [2.75, 3.05) is 12.4 Å². The Morgan fingerprint density at radius 2 is 1.21 bits per heavy atom. The fourth-order valence-electron chi connectivity index (χ4n) is 3.08. The molecule has 0 radical (unpaired) electrons. The van der Waals surface area contributed by atoms with Crippen LogP contribution in [0.2, 0.25) is 0 Å². The Labute approximate surface area is 195 Å². The van der Waals surface area contributed by atoms with Crippen molar-refractivity contribution in [2.24, 2.45) is 5.92 Å². The van der Waals surface area contributed by atoms with Gasteiger partial charge in [0.05, 0.1) is 16.7 Å². The molecule has 7 heteroatoms. The SMILES string of the molecule is CC(C)CCCCCCCCCCCCCCC(=O)OCCCS(=O)(=O)[O-].[Na+]. The molecule has 28 heavy (non-hydrogen) atoms. The van der Waals surface area contributed by atoms with E-state index in [9.17, 15) is 17.8 Å². The van der Waals surface area contributed by atoms with Gasteiger partial charge in [0.25, 0.3) is 0 Å². The molecule has 0 aliphatic carbocycles. The van der Waals surface area contributed by atoms with Gasteiger partial charge in [-0.3, -0.25) is 4.79 Å². The maximum absolute atomic E-state index is 11.5. The van der Waals surface area contributed by atoms with Crippen LogP contribution in [-0.4, -0.2) is 31.3 Å². The van der Waals surface area contributed by atoms with E-state index < -0.39 is 15.9 Å². The molecule has 0 bridgehead atoms. The van der Waals surface area contributed by atoms with E-state index in [4.69, 9.17) is 4.74 Å². The van der Waals surface area contributed by atoms with E-state index >= 15 is 0 Å². The molecule has 5 nitrogen and oxygen atoms in total. The molecule has 0 amide bonds. The number of carbonyl (C=O) groups excluding carboxylic acids is 1. The monoisotopic (exact) mass is 428 g/mol. The van der Waals surface area contributed by atoms with Gasteiger partial charge in [0.2, 0.25) is 0 Å². The van der Waals surface area contributed by atoms with Crippen molar-refractivity contribution in [3.63, 3.8) is 0 Å². The third kappa shape index (κ3) is 26.4. The Bertz CT molecular complexity index is 452. The normalized spacial score (nSPS) is 11.4. The first-order chi connectivity index (χ1) is 12.8. The van der Waals surface area contributed by atoms with E-state index in [-0.39, 0.29) is 48.6 Å². The molecular weight excluding hydrogens is 387 g/mol. The van der Waals surface area contributed by atoms with Crippen molar-refractivity contribution < 1.29 is 52.1 Å². The molecule has 0 aromatic carbocycles. The van der Waals surface area contributed by atoms with Crippen LogP contribution in [0.3, 0.4) is 0 Å². The Balaban J connectivity index is 0. The third-order valence-electron chi connectivity index (χ3n) is 4.71. The second kappa shape index (κ2) is 20.6. The Morgan fingerprint density at radius 3 is 1.64 bits per heavy atom. The Hall–Kier alpha value is 0.380. The first-order valence-electron chi connectivity index (χ1n) is 10.9. The summed E-state index contributed by atoms with van der Waals surface area (Å²) in [5.74, 6) is 0.0661. The molecule has 0 heterocycles. The first-order valence-corrected chi connectivity index (χ1v) is 12.5. The van der Waals surface area contributed by atoms with Crippen molar-refractivity contribution in [3.8, 4) is 0 Å². The molecule has 0 saturated heterocycles. The number of unbranched alkanes of at least 4 members (excludes halogenated alkanes) is 11. The first kappa shape index (κ1) is 30.6. The number of carbonyl (C=O) groups is 1. The second-order valence-electron chi connectivity index (χ2n) is 8.01. The summed E-state index contributed by atoms with van der Waals surface area (Å²) in [6.45, 7) is 4.60.